The third-order valence-electron chi connectivity index (χ3n) is 5.37. The number of aliphatic hydroxyl groups excluding tert-OH is 1. The van der Waals surface area contributed by atoms with E-state index in [0.717, 1.165) is 25.3 Å². The summed E-state index contributed by atoms with van der Waals surface area (Å²) in [6.07, 6.45) is 24.7. The van der Waals surface area contributed by atoms with Crippen molar-refractivity contribution in [2.75, 3.05) is 19.7 Å². The van der Waals surface area contributed by atoms with Crippen molar-refractivity contribution >= 4 is 5.84 Å². The van der Waals surface area contributed by atoms with Crippen LogP contribution in [0.25, 0.3) is 0 Å². The molecule has 0 saturated heterocycles. The molecule has 0 aliphatic carbocycles. The molecular weight excluding hydrogens is 320 g/mol. The number of nitrogens with one attached hydrogen (secondary N) is 1. The number of allylic oxidation sites excluding steroid dienone is 2. The van der Waals surface area contributed by atoms with E-state index in [1.54, 1.807) is 0 Å². The lowest BCUT2D eigenvalue weighted by atomic mass is 9.99. The predicted octanol–water partition coefficient (Wildman–Crippen LogP) is 6.02. The molecule has 1 atom stereocenters. The summed E-state index contributed by atoms with van der Waals surface area (Å²) in [5, 5.41) is 12.8. The maximum atomic E-state index is 9.48. The van der Waals surface area contributed by atoms with E-state index in [1.807, 2.05) is 0 Å². The average molecular weight is 365 g/mol. The summed E-state index contributed by atoms with van der Waals surface area (Å²) in [5.74, 6) is 1.29. The van der Waals surface area contributed by atoms with Gasteiger partial charge in [0.25, 0.3) is 0 Å². The van der Waals surface area contributed by atoms with Crippen LogP contribution in [0, 0.1) is 5.92 Å². The highest BCUT2D eigenvalue weighted by Crippen LogP contribution is 2.15. The minimum Gasteiger partial charge on any atom is -0.396 e. The minimum atomic E-state index is 0.233. The highest BCUT2D eigenvalue weighted by Gasteiger charge is 2.16. The van der Waals surface area contributed by atoms with Crippen molar-refractivity contribution in [1.82, 2.24) is 5.32 Å². The van der Waals surface area contributed by atoms with Crippen molar-refractivity contribution in [3.63, 3.8) is 0 Å². The van der Waals surface area contributed by atoms with E-state index in [1.165, 1.54) is 89.9 Å². The molecule has 26 heavy (non-hydrogen) atoms. The first-order valence-corrected chi connectivity index (χ1v) is 11.4. The van der Waals surface area contributed by atoms with Crippen LogP contribution in [0.2, 0.25) is 0 Å². The maximum absolute atomic E-state index is 9.48. The molecule has 0 bridgehead atoms. The first-order chi connectivity index (χ1) is 12.9. The van der Waals surface area contributed by atoms with Crippen LogP contribution >= 0.6 is 0 Å². The second-order valence-corrected chi connectivity index (χ2v) is 7.80. The largest absolute Gasteiger partial charge is 0.396 e. The zero-order valence-electron chi connectivity index (χ0n) is 17.4. The van der Waals surface area contributed by atoms with Gasteiger partial charge < -0.3 is 10.4 Å². The minimum absolute atomic E-state index is 0.233. The molecule has 0 fully saturated rings. The Balaban J connectivity index is 1.81. The Hall–Kier alpha value is -0.830. The molecule has 1 aliphatic rings. The number of unbranched alkanes of at least 4 members (excludes halogenated alkanes) is 12. The van der Waals surface area contributed by atoms with E-state index in [-0.39, 0.29) is 12.5 Å². The van der Waals surface area contributed by atoms with Crippen LogP contribution in [0.3, 0.4) is 0 Å². The van der Waals surface area contributed by atoms with E-state index < -0.39 is 0 Å². The zero-order chi connectivity index (χ0) is 18.7. The smallest absolute Gasteiger partial charge is 0.102 e. The second kappa shape index (κ2) is 17.6. The highest BCUT2D eigenvalue weighted by molar-refractivity contribution is 5.85. The molecule has 3 nitrogen and oxygen atoms in total. The van der Waals surface area contributed by atoms with Crippen LogP contribution in [-0.4, -0.2) is 30.6 Å². The quantitative estimate of drug-likeness (QED) is 0.230. The molecule has 0 aromatic rings. The summed E-state index contributed by atoms with van der Waals surface area (Å²) < 4.78 is 0. The lowest BCUT2D eigenvalue weighted by Gasteiger charge is -2.14. The first-order valence-electron chi connectivity index (χ1n) is 11.4. The standard InChI is InChI=1S/C23H44N2O/c1-2-3-4-5-6-7-8-9-10-11-12-13-14-15-16-17-18-22(21-26)23-24-19-20-25-23/h9-10,22,26H,2-8,11-21H2,1H3,(H,24,25)/b10-9-. The second-order valence-electron chi connectivity index (χ2n) is 7.80. The van der Waals surface area contributed by atoms with E-state index in [2.05, 4.69) is 29.4 Å². The summed E-state index contributed by atoms with van der Waals surface area (Å²) in [4.78, 5) is 4.44. The van der Waals surface area contributed by atoms with E-state index in [4.69, 9.17) is 0 Å². The number of hydrogen-bond acceptors (Lipinski definition) is 3. The Morgan fingerprint density at radius 1 is 0.885 bits per heavy atom. The summed E-state index contributed by atoms with van der Waals surface area (Å²) in [7, 11) is 0. The number of rotatable bonds is 18. The zero-order valence-corrected chi connectivity index (χ0v) is 17.4. The third kappa shape index (κ3) is 12.5. The van der Waals surface area contributed by atoms with Gasteiger partial charge in [-0.3, -0.25) is 4.99 Å². The van der Waals surface area contributed by atoms with E-state index in [0.29, 0.717) is 0 Å². The normalized spacial score (nSPS) is 15.4. The van der Waals surface area contributed by atoms with Crippen molar-refractivity contribution in [2.45, 2.75) is 103 Å². The summed E-state index contributed by atoms with van der Waals surface area (Å²) in [6.45, 7) is 4.33. The monoisotopic (exact) mass is 364 g/mol. The maximum Gasteiger partial charge on any atom is 0.102 e. The van der Waals surface area contributed by atoms with Crippen molar-refractivity contribution in [3.8, 4) is 0 Å². The Bertz CT molecular complexity index is 365. The molecule has 1 rings (SSSR count). The van der Waals surface area contributed by atoms with Crippen molar-refractivity contribution in [2.24, 2.45) is 10.9 Å². The van der Waals surface area contributed by atoms with Gasteiger partial charge in [0.1, 0.15) is 5.84 Å². The van der Waals surface area contributed by atoms with Crippen LogP contribution < -0.4 is 5.32 Å². The Morgan fingerprint density at radius 2 is 1.46 bits per heavy atom. The number of aliphatic imine (C=N–C) groups is 1. The van der Waals surface area contributed by atoms with Crippen LogP contribution in [0.15, 0.2) is 17.1 Å². The lowest BCUT2D eigenvalue weighted by Crippen LogP contribution is -2.29. The van der Waals surface area contributed by atoms with Gasteiger partial charge >= 0.3 is 0 Å². The molecule has 1 heterocycles. The van der Waals surface area contributed by atoms with Crippen LogP contribution in [0.4, 0.5) is 0 Å². The molecule has 0 aromatic heterocycles. The topological polar surface area (TPSA) is 44.6 Å². The predicted molar refractivity (Wildman–Crippen MR) is 115 cm³/mol. The Morgan fingerprint density at radius 3 is 2.00 bits per heavy atom. The lowest BCUT2D eigenvalue weighted by molar-refractivity contribution is 0.251. The van der Waals surface area contributed by atoms with Gasteiger partial charge in [0.15, 0.2) is 0 Å². The molecule has 152 valence electrons. The summed E-state index contributed by atoms with van der Waals surface area (Å²) in [5.41, 5.74) is 0. The van der Waals surface area contributed by atoms with Crippen molar-refractivity contribution in [3.05, 3.63) is 12.2 Å². The summed E-state index contributed by atoms with van der Waals surface area (Å²) in [6, 6.07) is 0. The Kier molecular flexibility index (Phi) is 15.7. The van der Waals surface area contributed by atoms with Gasteiger partial charge in [-0.05, 0) is 32.1 Å². The van der Waals surface area contributed by atoms with Gasteiger partial charge in [-0.2, -0.15) is 0 Å². The van der Waals surface area contributed by atoms with Gasteiger partial charge in [-0.15, -0.1) is 0 Å². The van der Waals surface area contributed by atoms with Gasteiger partial charge in [0.05, 0.1) is 13.2 Å². The molecule has 1 aliphatic heterocycles. The molecule has 0 amide bonds. The fourth-order valence-corrected chi connectivity index (χ4v) is 3.64. The van der Waals surface area contributed by atoms with Crippen LogP contribution in [0.1, 0.15) is 103 Å². The van der Waals surface area contributed by atoms with Gasteiger partial charge in [0, 0.05) is 12.5 Å². The van der Waals surface area contributed by atoms with Crippen molar-refractivity contribution in [1.29, 1.82) is 0 Å². The molecule has 0 radical (unpaired) electrons. The number of amidine groups is 1. The average Bonchev–Trinajstić information content (AvgIpc) is 3.19. The first kappa shape index (κ1) is 23.2. The fourth-order valence-electron chi connectivity index (χ4n) is 3.64. The molecule has 2 N–H and O–H groups in total. The Labute approximate surface area is 162 Å². The van der Waals surface area contributed by atoms with E-state index in [9.17, 15) is 5.11 Å². The number of hydrogen-bond donors (Lipinski definition) is 2. The molecular formula is C23H44N2O. The number of aliphatic hydroxyl groups is 1. The molecule has 1 unspecified atom stereocenters. The summed E-state index contributed by atoms with van der Waals surface area (Å²) >= 11 is 0. The van der Waals surface area contributed by atoms with Gasteiger partial charge in [-0.1, -0.05) is 83.3 Å². The van der Waals surface area contributed by atoms with Gasteiger partial charge in [0.2, 0.25) is 0 Å². The van der Waals surface area contributed by atoms with Crippen molar-refractivity contribution < 1.29 is 5.11 Å². The number of nitrogens with zero attached hydrogens (tertiary/aromatic N) is 1. The molecule has 3 heteroatoms. The fraction of sp³-hybridized carbons (Fsp3) is 0.870. The third-order valence-corrected chi connectivity index (χ3v) is 5.37. The van der Waals surface area contributed by atoms with E-state index >= 15 is 0 Å². The van der Waals surface area contributed by atoms with Crippen LogP contribution in [-0.2, 0) is 0 Å². The molecule has 0 spiro atoms. The van der Waals surface area contributed by atoms with Gasteiger partial charge in [-0.25, -0.2) is 0 Å². The molecule has 0 saturated carbocycles. The highest BCUT2D eigenvalue weighted by atomic mass is 16.3. The molecule has 0 aromatic carbocycles. The van der Waals surface area contributed by atoms with Crippen LogP contribution in [0.5, 0.6) is 0 Å². The SMILES string of the molecule is CCCCCCCC/C=C\CCCCCCCCC(CO)C1=NCCN1.